The van der Waals surface area contributed by atoms with E-state index in [2.05, 4.69) is 10.4 Å². The SMILES string of the molecule is Cn1cc(C#N)c(NC(=O)c2cccc([N+](=O)[O-])c2)n1. The number of hydrogen-bond donors (Lipinski definition) is 1. The predicted octanol–water partition coefficient (Wildman–Crippen LogP) is 1.45. The maximum Gasteiger partial charge on any atom is 0.270 e. The topological polar surface area (TPSA) is 114 Å². The fraction of sp³-hybridized carbons (Fsp3) is 0.0833. The number of aryl methyl sites for hydroxylation is 1. The second kappa shape index (κ2) is 5.19. The summed E-state index contributed by atoms with van der Waals surface area (Å²) in [4.78, 5) is 22.0. The van der Waals surface area contributed by atoms with Gasteiger partial charge in [0.2, 0.25) is 0 Å². The second-order valence-corrected chi connectivity index (χ2v) is 3.94. The Kier molecular flexibility index (Phi) is 3.43. The van der Waals surface area contributed by atoms with E-state index >= 15 is 0 Å². The minimum Gasteiger partial charge on any atom is -0.304 e. The van der Waals surface area contributed by atoms with Crippen molar-refractivity contribution in [2.45, 2.75) is 0 Å². The maximum atomic E-state index is 12.0. The average molecular weight is 271 g/mol. The molecule has 8 nitrogen and oxygen atoms in total. The Morgan fingerprint density at radius 3 is 2.95 bits per heavy atom. The fourth-order valence-corrected chi connectivity index (χ4v) is 1.60. The quantitative estimate of drug-likeness (QED) is 0.670. The summed E-state index contributed by atoms with van der Waals surface area (Å²) in [5, 5.41) is 25.9. The molecule has 0 radical (unpaired) electrons. The van der Waals surface area contributed by atoms with Gasteiger partial charge in [0.25, 0.3) is 11.6 Å². The maximum absolute atomic E-state index is 12.0. The number of nitriles is 1. The van der Waals surface area contributed by atoms with Gasteiger partial charge in [0.15, 0.2) is 5.82 Å². The molecule has 0 aliphatic carbocycles. The first kappa shape index (κ1) is 13.2. The number of amides is 1. The number of benzene rings is 1. The highest BCUT2D eigenvalue weighted by Gasteiger charge is 2.15. The zero-order chi connectivity index (χ0) is 14.7. The van der Waals surface area contributed by atoms with Gasteiger partial charge in [-0.25, -0.2) is 0 Å². The number of nitro benzene ring substituents is 1. The van der Waals surface area contributed by atoms with Crippen LogP contribution in [0.5, 0.6) is 0 Å². The van der Waals surface area contributed by atoms with Crippen molar-refractivity contribution in [3.8, 4) is 6.07 Å². The highest BCUT2D eigenvalue weighted by molar-refractivity contribution is 6.04. The lowest BCUT2D eigenvalue weighted by atomic mass is 10.2. The van der Waals surface area contributed by atoms with E-state index in [0.717, 1.165) is 6.07 Å². The molecule has 0 unspecified atom stereocenters. The summed E-state index contributed by atoms with van der Waals surface area (Å²) in [7, 11) is 1.61. The summed E-state index contributed by atoms with van der Waals surface area (Å²) in [6.45, 7) is 0. The molecule has 0 bridgehead atoms. The van der Waals surface area contributed by atoms with E-state index in [9.17, 15) is 14.9 Å². The lowest BCUT2D eigenvalue weighted by Crippen LogP contribution is -2.13. The van der Waals surface area contributed by atoms with Crippen molar-refractivity contribution in [2.75, 3.05) is 5.32 Å². The molecule has 1 amide bonds. The van der Waals surface area contributed by atoms with Gasteiger partial charge in [0.05, 0.1) is 4.92 Å². The van der Waals surface area contributed by atoms with Crippen LogP contribution < -0.4 is 5.32 Å². The number of non-ortho nitro benzene ring substituents is 1. The standard InChI is InChI=1S/C12H9N5O3/c1-16-7-9(6-13)11(15-16)14-12(18)8-3-2-4-10(5-8)17(19)20/h2-5,7H,1H3,(H,14,15,18). The van der Waals surface area contributed by atoms with Gasteiger partial charge in [-0.15, -0.1) is 0 Å². The molecule has 1 N–H and O–H groups in total. The second-order valence-electron chi connectivity index (χ2n) is 3.94. The lowest BCUT2D eigenvalue weighted by molar-refractivity contribution is -0.384. The van der Waals surface area contributed by atoms with E-state index in [1.807, 2.05) is 6.07 Å². The minimum absolute atomic E-state index is 0.117. The van der Waals surface area contributed by atoms with Gasteiger partial charge in [-0.1, -0.05) is 6.07 Å². The molecule has 1 aromatic carbocycles. The van der Waals surface area contributed by atoms with Crippen LogP contribution in [-0.2, 0) is 7.05 Å². The predicted molar refractivity (Wildman–Crippen MR) is 69.0 cm³/mol. The Bertz CT molecular complexity index is 729. The van der Waals surface area contributed by atoms with Gasteiger partial charge in [-0.05, 0) is 6.07 Å². The minimum atomic E-state index is -0.585. The van der Waals surface area contributed by atoms with Crippen LogP contribution in [0.4, 0.5) is 11.5 Å². The largest absolute Gasteiger partial charge is 0.304 e. The zero-order valence-corrected chi connectivity index (χ0v) is 10.4. The highest BCUT2D eigenvalue weighted by Crippen LogP contribution is 2.16. The number of aromatic nitrogens is 2. The van der Waals surface area contributed by atoms with Crippen LogP contribution in [0.3, 0.4) is 0 Å². The third-order valence-electron chi connectivity index (χ3n) is 2.50. The molecule has 100 valence electrons. The van der Waals surface area contributed by atoms with Crippen molar-refractivity contribution in [1.29, 1.82) is 5.26 Å². The van der Waals surface area contributed by atoms with Crippen molar-refractivity contribution >= 4 is 17.4 Å². The Labute approximate surface area is 113 Å². The molecule has 0 spiro atoms. The van der Waals surface area contributed by atoms with Crippen LogP contribution in [0.2, 0.25) is 0 Å². The van der Waals surface area contributed by atoms with Crippen molar-refractivity contribution in [3.63, 3.8) is 0 Å². The molecule has 2 aromatic rings. The first-order valence-electron chi connectivity index (χ1n) is 5.51. The molecule has 2 rings (SSSR count). The number of carbonyl (C=O) groups is 1. The molecule has 0 saturated carbocycles. The third-order valence-corrected chi connectivity index (χ3v) is 2.50. The van der Waals surface area contributed by atoms with Gasteiger partial charge in [0.1, 0.15) is 11.6 Å². The van der Waals surface area contributed by atoms with Crippen molar-refractivity contribution in [2.24, 2.45) is 7.05 Å². The molecule has 0 aliphatic rings. The number of nitro groups is 1. The Hall–Kier alpha value is -3.21. The molecular weight excluding hydrogens is 262 g/mol. The number of carbonyl (C=O) groups excluding carboxylic acids is 1. The number of rotatable bonds is 3. The molecule has 0 fully saturated rings. The molecular formula is C12H9N5O3. The van der Waals surface area contributed by atoms with Gasteiger partial charge < -0.3 is 5.32 Å². The summed E-state index contributed by atoms with van der Waals surface area (Å²) in [6.07, 6.45) is 1.46. The number of nitrogens with zero attached hydrogens (tertiary/aromatic N) is 4. The first-order chi connectivity index (χ1) is 9.51. The van der Waals surface area contributed by atoms with Crippen LogP contribution in [0, 0.1) is 21.4 Å². The first-order valence-corrected chi connectivity index (χ1v) is 5.51. The smallest absolute Gasteiger partial charge is 0.270 e. The Balaban J connectivity index is 2.26. The number of anilines is 1. The summed E-state index contributed by atoms with van der Waals surface area (Å²) < 4.78 is 1.39. The van der Waals surface area contributed by atoms with Crippen molar-refractivity contribution in [1.82, 2.24) is 9.78 Å². The van der Waals surface area contributed by atoms with E-state index in [0.29, 0.717) is 0 Å². The fourth-order valence-electron chi connectivity index (χ4n) is 1.60. The van der Waals surface area contributed by atoms with E-state index in [1.165, 1.54) is 29.1 Å². The van der Waals surface area contributed by atoms with Gasteiger partial charge >= 0.3 is 0 Å². The number of nitrogens with one attached hydrogen (secondary N) is 1. The summed E-state index contributed by atoms with van der Waals surface area (Å²) in [5.41, 5.74) is 0.152. The van der Waals surface area contributed by atoms with Crippen LogP contribution in [0.1, 0.15) is 15.9 Å². The van der Waals surface area contributed by atoms with Crippen LogP contribution in [-0.4, -0.2) is 20.6 Å². The summed E-state index contributed by atoms with van der Waals surface area (Å²) in [6, 6.07) is 7.20. The van der Waals surface area contributed by atoms with E-state index < -0.39 is 10.8 Å². The average Bonchev–Trinajstić information content (AvgIpc) is 2.78. The normalized spacial score (nSPS) is 9.80. The van der Waals surface area contributed by atoms with Crippen LogP contribution >= 0.6 is 0 Å². The van der Waals surface area contributed by atoms with Crippen molar-refractivity contribution in [3.05, 3.63) is 51.7 Å². The van der Waals surface area contributed by atoms with Crippen LogP contribution in [0.15, 0.2) is 30.5 Å². The molecule has 0 atom stereocenters. The van der Waals surface area contributed by atoms with Gasteiger partial charge in [0, 0.05) is 30.9 Å². The zero-order valence-electron chi connectivity index (χ0n) is 10.4. The monoisotopic (exact) mass is 271 g/mol. The van der Waals surface area contributed by atoms with Crippen molar-refractivity contribution < 1.29 is 9.72 Å². The van der Waals surface area contributed by atoms with Gasteiger partial charge in [-0.2, -0.15) is 10.4 Å². The molecule has 20 heavy (non-hydrogen) atoms. The Morgan fingerprint density at radius 1 is 1.55 bits per heavy atom. The van der Waals surface area contributed by atoms with Crippen LogP contribution in [0.25, 0.3) is 0 Å². The van der Waals surface area contributed by atoms with Gasteiger partial charge in [-0.3, -0.25) is 19.6 Å². The third kappa shape index (κ3) is 2.62. The Morgan fingerprint density at radius 2 is 2.30 bits per heavy atom. The highest BCUT2D eigenvalue weighted by atomic mass is 16.6. The molecule has 1 heterocycles. The molecule has 0 aliphatic heterocycles. The molecule has 0 saturated heterocycles. The van der Waals surface area contributed by atoms with E-state index in [-0.39, 0.29) is 22.6 Å². The summed E-state index contributed by atoms with van der Waals surface area (Å²) >= 11 is 0. The molecule has 8 heteroatoms. The van der Waals surface area contributed by atoms with E-state index in [1.54, 1.807) is 7.05 Å². The summed E-state index contributed by atoms with van der Waals surface area (Å²) in [5.74, 6) is -0.449. The lowest BCUT2D eigenvalue weighted by Gasteiger charge is -2.02. The number of hydrogen-bond acceptors (Lipinski definition) is 5. The van der Waals surface area contributed by atoms with E-state index in [4.69, 9.17) is 5.26 Å². The molecule has 1 aromatic heterocycles.